The van der Waals surface area contributed by atoms with Gasteiger partial charge < -0.3 is 20.6 Å². The first-order valence-corrected chi connectivity index (χ1v) is 13.9. The van der Waals surface area contributed by atoms with Crippen molar-refractivity contribution < 1.29 is 23.5 Å². The summed E-state index contributed by atoms with van der Waals surface area (Å²) in [5.41, 5.74) is -0.926. The summed E-state index contributed by atoms with van der Waals surface area (Å²) in [6, 6.07) is 8.20. The van der Waals surface area contributed by atoms with Gasteiger partial charge in [-0.25, -0.2) is 8.78 Å². The standard InChI is InChI=1S/C26H28Cl4F2N4O3.H2S/c1-26(39,18-8-14(27)2-3-19(18)28)25(38)35-6-4-17(5-7-35)36-12-16(13-36)34-15-9-20(29)23(21(30)10-15)24(37)33-11-22(31)32;/h2-3,8-10,16-17,22,34,39H,4-7,11-13H2,1H3,(H,33,37);1H2/t26-;/m0./s1. The lowest BCUT2D eigenvalue weighted by molar-refractivity contribution is -0.152. The van der Waals surface area contributed by atoms with Crippen LogP contribution in [0.3, 0.4) is 0 Å². The molecular weight excluding hydrogens is 628 g/mol. The number of benzene rings is 2. The van der Waals surface area contributed by atoms with E-state index in [9.17, 15) is 23.5 Å². The van der Waals surface area contributed by atoms with Crippen LogP contribution in [-0.4, -0.2) is 78.0 Å². The number of rotatable bonds is 8. The fourth-order valence-electron chi connectivity index (χ4n) is 5.00. The monoisotopic (exact) mass is 656 g/mol. The molecular formula is C26H30Cl4F2N4O3S. The lowest BCUT2D eigenvalue weighted by Crippen LogP contribution is -2.61. The smallest absolute Gasteiger partial charge is 0.258 e. The number of aliphatic hydroxyl groups is 1. The van der Waals surface area contributed by atoms with Gasteiger partial charge in [0, 0.05) is 53.5 Å². The molecule has 0 saturated carbocycles. The normalized spacial score (nSPS) is 18.1. The lowest BCUT2D eigenvalue weighted by Gasteiger charge is -2.48. The van der Waals surface area contributed by atoms with Crippen LogP contribution in [0.25, 0.3) is 0 Å². The Morgan fingerprint density at radius 2 is 1.65 bits per heavy atom. The average molecular weight is 658 g/mol. The van der Waals surface area contributed by atoms with Crippen molar-refractivity contribution in [1.82, 2.24) is 15.1 Å². The molecule has 2 aromatic carbocycles. The number of carbonyl (C=O) groups is 2. The highest BCUT2D eigenvalue weighted by atomic mass is 35.5. The SMILES string of the molecule is C[C@@](O)(C(=O)N1CCC(N2CC(Nc3cc(Cl)c(C(=O)NCC(F)F)c(Cl)c3)C2)CC1)c1cc(Cl)ccc1Cl.S. The van der Waals surface area contributed by atoms with E-state index in [0.717, 1.165) is 25.9 Å². The van der Waals surface area contributed by atoms with Crippen LogP contribution in [0.15, 0.2) is 30.3 Å². The van der Waals surface area contributed by atoms with Crippen LogP contribution in [0.4, 0.5) is 14.5 Å². The highest BCUT2D eigenvalue weighted by Gasteiger charge is 2.41. The number of halogens is 6. The maximum Gasteiger partial charge on any atom is 0.258 e. The number of carbonyl (C=O) groups excluding carboxylic acids is 2. The number of likely N-dealkylation sites (tertiary alicyclic amines) is 2. The van der Waals surface area contributed by atoms with Gasteiger partial charge in [0.1, 0.15) is 0 Å². The van der Waals surface area contributed by atoms with Crippen molar-refractivity contribution in [2.24, 2.45) is 0 Å². The second kappa shape index (κ2) is 13.6. The fourth-order valence-corrected chi connectivity index (χ4v) is 6.13. The Morgan fingerprint density at radius 3 is 2.23 bits per heavy atom. The van der Waals surface area contributed by atoms with Gasteiger partial charge in [0.2, 0.25) is 0 Å². The van der Waals surface area contributed by atoms with E-state index < -0.39 is 30.4 Å². The number of nitrogens with one attached hydrogen (secondary N) is 2. The molecule has 1 atom stereocenters. The zero-order valence-corrected chi connectivity index (χ0v) is 25.5. The second-order valence-corrected chi connectivity index (χ2v) is 11.6. The predicted molar refractivity (Wildman–Crippen MR) is 160 cm³/mol. The van der Waals surface area contributed by atoms with E-state index in [1.54, 1.807) is 29.2 Å². The molecule has 2 aliphatic rings. The number of alkyl halides is 2. The highest BCUT2D eigenvalue weighted by molar-refractivity contribution is 7.59. The lowest BCUT2D eigenvalue weighted by atomic mass is 9.92. The molecule has 220 valence electrons. The predicted octanol–water partition coefficient (Wildman–Crippen LogP) is 5.40. The topological polar surface area (TPSA) is 84.9 Å². The van der Waals surface area contributed by atoms with E-state index in [0.29, 0.717) is 29.8 Å². The Kier molecular flexibility index (Phi) is 11.2. The van der Waals surface area contributed by atoms with Gasteiger partial charge in [-0.05, 0) is 50.1 Å². The van der Waals surface area contributed by atoms with Crippen LogP contribution in [0, 0.1) is 0 Å². The quantitative estimate of drug-likeness (QED) is 0.354. The molecule has 2 saturated heterocycles. The highest BCUT2D eigenvalue weighted by Crippen LogP contribution is 2.34. The van der Waals surface area contributed by atoms with Crippen molar-refractivity contribution in [3.05, 3.63) is 61.5 Å². The summed E-state index contributed by atoms with van der Waals surface area (Å²) in [5, 5.41) is 17.3. The molecule has 2 amide bonds. The molecule has 7 nitrogen and oxygen atoms in total. The maximum absolute atomic E-state index is 13.2. The van der Waals surface area contributed by atoms with E-state index in [4.69, 9.17) is 46.4 Å². The van der Waals surface area contributed by atoms with E-state index in [1.807, 2.05) is 0 Å². The molecule has 3 N–H and O–H groups in total. The van der Waals surface area contributed by atoms with Crippen molar-refractivity contribution in [1.29, 1.82) is 0 Å². The Bertz CT molecular complexity index is 1220. The van der Waals surface area contributed by atoms with Crippen LogP contribution >= 0.6 is 59.9 Å². The van der Waals surface area contributed by atoms with Gasteiger partial charge in [0.15, 0.2) is 5.60 Å². The third kappa shape index (κ3) is 7.45. The molecule has 14 heteroatoms. The van der Waals surface area contributed by atoms with Gasteiger partial charge in [-0.3, -0.25) is 14.5 Å². The molecule has 0 aliphatic carbocycles. The Morgan fingerprint density at radius 1 is 1.05 bits per heavy atom. The summed E-state index contributed by atoms with van der Waals surface area (Å²) >= 11 is 24.7. The molecule has 2 fully saturated rings. The van der Waals surface area contributed by atoms with Gasteiger partial charge in [-0.2, -0.15) is 13.5 Å². The summed E-state index contributed by atoms with van der Waals surface area (Å²) in [6.07, 6.45) is -1.15. The Hall–Kier alpha value is -1.53. The van der Waals surface area contributed by atoms with E-state index >= 15 is 0 Å². The zero-order valence-electron chi connectivity index (χ0n) is 21.5. The summed E-state index contributed by atoms with van der Waals surface area (Å²) < 4.78 is 24.8. The van der Waals surface area contributed by atoms with E-state index in [-0.39, 0.29) is 45.7 Å². The minimum absolute atomic E-state index is 0. The fraction of sp³-hybridized carbons (Fsp3) is 0.462. The second-order valence-electron chi connectivity index (χ2n) is 9.93. The van der Waals surface area contributed by atoms with Crippen LogP contribution in [-0.2, 0) is 10.4 Å². The van der Waals surface area contributed by atoms with Crippen molar-refractivity contribution in [3.8, 4) is 0 Å². The Labute approximate surface area is 258 Å². The number of piperidine rings is 1. The van der Waals surface area contributed by atoms with Crippen molar-refractivity contribution in [2.75, 3.05) is 38.0 Å². The maximum atomic E-state index is 13.2. The first kappa shape index (κ1) is 33.0. The molecule has 2 aliphatic heterocycles. The number of anilines is 1. The van der Waals surface area contributed by atoms with Gasteiger partial charge in [0.25, 0.3) is 18.2 Å². The van der Waals surface area contributed by atoms with Crippen molar-refractivity contribution in [2.45, 2.75) is 43.9 Å². The summed E-state index contributed by atoms with van der Waals surface area (Å²) in [4.78, 5) is 29.3. The zero-order chi connectivity index (χ0) is 28.5. The van der Waals surface area contributed by atoms with E-state index in [2.05, 4.69) is 15.5 Å². The number of hydrogen-bond acceptors (Lipinski definition) is 5. The van der Waals surface area contributed by atoms with Gasteiger partial charge >= 0.3 is 0 Å². The van der Waals surface area contributed by atoms with Crippen molar-refractivity contribution >= 4 is 77.4 Å². The van der Waals surface area contributed by atoms with Gasteiger partial charge in [-0.1, -0.05) is 46.4 Å². The number of hydrogen-bond donors (Lipinski definition) is 3. The van der Waals surface area contributed by atoms with Crippen LogP contribution in [0.2, 0.25) is 20.1 Å². The van der Waals surface area contributed by atoms with Crippen LogP contribution in [0.1, 0.15) is 35.7 Å². The largest absolute Gasteiger partial charge is 0.380 e. The van der Waals surface area contributed by atoms with Gasteiger partial charge in [0.05, 0.1) is 28.2 Å². The Balaban J connectivity index is 0.00000441. The number of nitrogens with zero attached hydrogens (tertiary/aromatic N) is 2. The van der Waals surface area contributed by atoms with Gasteiger partial charge in [-0.15, -0.1) is 0 Å². The summed E-state index contributed by atoms with van der Waals surface area (Å²) in [7, 11) is 0. The molecule has 0 bridgehead atoms. The molecule has 4 rings (SSSR count). The van der Waals surface area contributed by atoms with Crippen LogP contribution in [0.5, 0.6) is 0 Å². The molecule has 2 heterocycles. The summed E-state index contributed by atoms with van der Waals surface area (Å²) in [5.74, 6) is -1.16. The van der Waals surface area contributed by atoms with Crippen molar-refractivity contribution in [3.63, 3.8) is 0 Å². The number of amides is 2. The first-order valence-electron chi connectivity index (χ1n) is 12.4. The summed E-state index contributed by atoms with van der Waals surface area (Å²) in [6.45, 7) is 3.19. The minimum atomic E-state index is -2.68. The minimum Gasteiger partial charge on any atom is -0.380 e. The molecule has 2 aromatic rings. The molecule has 0 unspecified atom stereocenters. The third-order valence-electron chi connectivity index (χ3n) is 7.10. The van der Waals surface area contributed by atoms with Crippen LogP contribution < -0.4 is 10.6 Å². The van der Waals surface area contributed by atoms with E-state index in [1.165, 1.54) is 13.0 Å². The first-order chi connectivity index (χ1) is 18.4. The average Bonchev–Trinajstić information content (AvgIpc) is 2.85. The molecule has 0 radical (unpaired) electrons. The third-order valence-corrected chi connectivity index (χ3v) is 8.26. The molecule has 0 spiro atoms. The molecule has 40 heavy (non-hydrogen) atoms. The molecule has 0 aromatic heterocycles.